The van der Waals surface area contributed by atoms with E-state index in [-0.39, 0.29) is 0 Å². The Morgan fingerprint density at radius 3 is 2.67 bits per heavy atom. The molecule has 3 atom stereocenters. The number of nitrogens with one attached hydrogen (secondary N) is 1. The molecule has 1 aromatic rings. The average Bonchev–Trinajstić information content (AvgIpc) is 3.00. The third-order valence-corrected chi connectivity index (χ3v) is 5.93. The molecule has 1 N–H and O–H groups in total. The van der Waals surface area contributed by atoms with Crippen molar-refractivity contribution >= 4 is 15.9 Å². The first kappa shape index (κ1) is 17.0. The van der Waals surface area contributed by atoms with Crippen LogP contribution < -0.4 is 5.32 Å². The van der Waals surface area contributed by atoms with Crippen LogP contribution in [-0.4, -0.2) is 22.4 Å². The number of nitrogens with zero attached hydrogens (tertiary/aromatic N) is 2. The standard InChI is InChI=1S/C17H30BrN3/c1-5-10-19-15(13-9-7-8-12(13)3)11-16-17(18)14(6-2)20-21(16)4/h12-13,15,19H,5-11H2,1-4H3. The van der Waals surface area contributed by atoms with Crippen molar-refractivity contribution in [3.8, 4) is 0 Å². The largest absolute Gasteiger partial charge is 0.313 e. The Kier molecular flexibility index (Phi) is 6.30. The predicted octanol–water partition coefficient (Wildman–Crippen LogP) is 4.09. The van der Waals surface area contributed by atoms with Gasteiger partial charge in [-0.05, 0) is 53.6 Å². The van der Waals surface area contributed by atoms with Gasteiger partial charge in [-0.1, -0.05) is 33.6 Å². The van der Waals surface area contributed by atoms with Crippen LogP contribution in [0.5, 0.6) is 0 Å². The smallest absolute Gasteiger partial charge is 0.0766 e. The van der Waals surface area contributed by atoms with Gasteiger partial charge in [-0.3, -0.25) is 4.68 Å². The van der Waals surface area contributed by atoms with Crippen LogP contribution in [0, 0.1) is 11.8 Å². The van der Waals surface area contributed by atoms with Crippen molar-refractivity contribution in [2.75, 3.05) is 6.54 Å². The van der Waals surface area contributed by atoms with E-state index in [2.05, 4.69) is 58.8 Å². The molecule has 21 heavy (non-hydrogen) atoms. The Balaban J connectivity index is 2.16. The molecule has 120 valence electrons. The Labute approximate surface area is 138 Å². The number of aryl methyl sites for hydroxylation is 2. The molecule has 0 bridgehead atoms. The second kappa shape index (κ2) is 7.77. The van der Waals surface area contributed by atoms with Crippen LogP contribution in [0.15, 0.2) is 4.47 Å². The maximum atomic E-state index is 4.65. The normalized spacial score (nSPS) is 23.7. The lowest BCUT2D eigenvalue weighted by atomic mass is 9.87. The first-order chi connectivity index (χ1) is 10.1. The van der Waals surface area contributed by atoms with Gasteiger partial charge in [-0.25, -0.2) is 0 Å². The lowest BCUT2D eigenvalue weighted by molar-refractivity contribution is 0.291. The van der Waals surface area contributed by atoms with Gasteiger partial charge in [0.15, 0.2) is 0 Å². The van der Waals surface area contributed by atoms with Gasteiger partial charge >= 0.3 is 0 Å². The highest BCUT2D eigenvalue weighted by atomic mass is 79.9. The monoisotopic (exact) mass is 355 g/mol. The molecule has 2 rings (SSSR count). The summed E-state index contributed by atoms with van der Waals surface area (Å²) >= 11 is 3.77. The van der Waals surface area contributed by atoms with Crippen molar-refractivity contribution in [3.63, 3.8) is 0 Å². The quantitative estimate of drug-likeness (QED) is 0.797. The first-order valence-corrected chi connectivity index (χ1v) is 9.31. The van der Waals surface area contributed by atoms with Crippen molar-refractivity contribution in [2.45, 2.75) is 65.3 Å². The molecule has 3 unspecified atom stereocenters. The van der Waals surface area contributed by atoms with Crippen molar-refractivity contribution < 1.29 is 0 Å². The van der Waals surface area contributed by atoms with Crippen LogP contribution in [0.1, 0.15) is 57.8 Å². The number of hydrogen-bond donors (Lipinski definition) is 1. The van der Waals surface area contributed by atoms with Crippen LogP contribution in [-0.2, 0) is 19.9 Å². The fourth-order valence-electron chi connectivity index (χ4n) is 3.73. The number of halogens is 1. The molecular formula is C17H30BrN3. The highest BCUT2D eigenvalue weighted by molar-refractivity contribution is 9.10. The molecule has 0 radical (unpaired) electrons. The van der Waals surface area contributed by atoms with Gasteiger partial charge in [0.25, 0.3) is 0 Å². The van der Waals surface area contributed by atoms with Gasteiger partial charge in [0, 0.05) is 19.5 Å². The molecule has 3 nitrogen and oxygen atoms in total. The second-order valence-corrected chi connectivity index (χ2v) is 7.31. The van der Waals surface area contributed by atoms with Gasteiger partial charge < -0.3 is 5.32 Å². The summed E-state index contributed by atoms with van der Waals surface area (Å²) in [6, 6.07) is 0.582. The Morgan fingerprint density at radius 2 is 2.14 bits per heavy atom. The van der Waals surface area contributed by atoms with Gasteiger partial charge in [0.2, 0.25) is 0 Å². The minimum absolute atomic E-state index is 0.582. The molecule has 0 spiro atoms. The molecule has 1 aliphatic carbocycles. The SMILES string of the molecule is CCCNC(Cc1c(Br)c(CC)nn1C)C1CCCC1C. The molecule has 1 fully saturated rings. The summed E-state index contributed by atoms with van der Waals surface area (Å²) in [5.41, 5.74) is 2.53. The third kappa shape index (κ3) is 3.89. The number of rotatable bonds is 7. The van der Waals surface area contributed by atoms with Crippen LogP contribution in [0.2, 0.25) is 0 Å². The molecule has 1 aromatic heterocycles. The zero-order valence-electron chi connectivity index (χ0n) is 14.0. The lowest BCUT2D eigenvalue weighted by Gasteiger charge is -2.28. The van der Waals surface area contributed by atoms with E-state index in [1.54, 1.807) is 0 Å². The van der Waals surface area contributed by atoms with E-state index in [9.17, 15) is 0 Å². The third-order valence-electron chi connectivity index (χ3n) is 5.02. The molecule has 0 aromatic carbocycles. The topological polar surface area (TPSA) is 29.9 Å². The van der Waals surface area contributed by atoms with E-state index in [0.29, 0.717) is 6.04 Å². The molecule has 0 aliphatic heterocycles. The number of aromatic nitrogens is 2. The van der Waals surface area contributed by atoms with Crippen molar-refractivity contribution in [3.05, 3.63) is 15.9 Å². The maximum Gasteiger partial charge on any atom is 0.0766 e. The second-order valence-electron chi connectivity index (χ2n) is 6.52. The van der Waals surface area contributed by atoms with Crippen molar-refractivity contribution in [1.29, 1.82) is 0 Å². The highest BCUT2D eigenvalue weighted by Crippen LogP contribution is 2.35. The highest BCUT2D eigenvalue weighted by Gasteiger charge is 2.31. The van der Waals surface area contributed by atoms with E-state index >= 15 is 0 Å². The number of hydrogen-bond acceptors (Lipinski definition) is 2. The zero-order chi connectivity index (χ0) is 15.4. The van der Waals surface area contributed by atoms with E-state index in [1.165, 1.54) is 41.5 Å². The van der Waals surface area contributed by atoms with Gasteiger partial charge in [-0.15, -0.1) is 0 Å². The van der Waals surface area contributed by atoms with Crippen LogP contribution >= 0.6 is 15.9 Å². The molecule has 0 amide bonds. The first-order valence-electron chi connectivity index (χ1n) is 8.52. The molecule has 1 aliphatic rings. The summed E-state index contributed by atoms with van der Waals surface area (Å²) in [7, 11) is 2.08. The molecule has 0 saturated heterocycles. The van der Waals surface area contributed by atoms with Crippen molar-refractivity contribution in [2.24, 2.45) is 18.9 Å². The summed E-state index contributed by atoms with van der Waals surface area (Å²) in [4.78, 5) is 0. The Hall–Kier alpha value is -0.350. The summed E-state index contributed by atoms with van der Waals surface area (Å²) < 4.78 is 3.30. The minimum Gasteiger partial charge on any atom is -0.313 e. The fourth-order valence-corrected chi connectivity index (χ4v) is 4.50. The van der Waals surface area contributed by atoms with Crippen LogP contribution in [0.3, 0.4) is 0 Å². The van der Waals surface area contributed by atoms with Gasteiger partial charge in [0.1, 0.15) is 0 Å². The van der Waals surface area contributed by atoms with Crippen LogP contribution in [0.4, 0.5) is 0 Å². The minimum atomic E-state index is 0.582. The molecule has 4 heteroatoms. The van der Waals surface area contributed by atoms with E-state index in [0.717, 1.165) is 31.2 Å². The van der Waals surface area contributed by atoms with E-state index in [1.807, 2.05) is 0 Å². The summed E-state index contributed by atoms with van der Waals surface area (Å²) in [5, 5.41) is 8.46. The Bertz CT molecular complexity index is 455. The van der Waals surface area contributed by atoms with E-state index in [4.69, 9.17) is 0 Å². The Morgan fingerprint density at radius 1 is 1.38 bits per heavy atom. The maximum absolute atomic E-state index is 4.65. The molecule has 1 saturated carbocycles. The summed E-state index contributed by atoms with van der Waals surface area (Å²) in [6.07, 6.45) is 7.42. The van der Waals surface area contributed by atoms with Crippen molar-refractivity contribution in [1.82, 2.24) is 15.1 Å². The predicted molar refractivity (Wildman–Crippen MR) is 92.6 cm³/mol. The lowest BCUT2D eigenvalue weighted by Crippen LogP contribution is -2.40. The average molecular weight is 356 g/mol. The van der Waals surface area contributed by atoms with Crippen LogP contribution in [0.25, 0.3) is 0 Å². The van der Waals surface area contributed by atoms with Gasteiger partial charge in [-0.2, -0.15) is 5.10 Å². The molecular weight excluding hydrogens is 326 g/mol. The summed E-state index contributed by atoms with van der Waals surface area (Å²) in [5.74, 6) is 1.65. The molecule has 1 heterocycles. The van der Waals surface area contributed by atoms with E-state index < -0.39 is 0 Å². The fraction of sp³-hybridized carbons (Fsp3) is 0.824. The zero-order valence-corrected chi connectivity index (χ0v) is 15.5. The van der Waals surface area contributed by atoms with Gasteiger partial charge in [0.05, 0.1) is 15.9 Å². The summed E-state index contributed by atoms with van der Waals surface area (Å²) in [6.45, 7) is 7.96.